The fourth-order valence-corrected chi connectivity index (χ4v) is 2.20. The number of rotatable bonds is 4. The molecule has 0 saturated carbocycles. The molecule has 2 nitrogen and oxygen atoms in total. The van der Waals surface area contributed by atoms with Crippen molar-refractivity contribution in [2.24, 2.45) is 0 Å². The Labute approximate surface area is 115 Å². The normalized spacial score (nSPS) is 10.3. The molecule has 0 atom stereocenters. The van der Waals surface area contributed by atoms with Gasteiger partial charge in [-0.2, -0.15) is 0 Å². The van der Waals surface area contributed by atoms with Gasteiger partial charge in [-0.25, -0.2) is 0 Å². The summed E-state index contributed by atoms with van der Waals surface area (Å²) >= 11 is 3.46. The third-order valence-corrected chi connectivity index (χ3v) is 3.27. The van der Waals surface area contributed by atoms with Gasteiger partial charge in [0.1, 0.15) is 18.1 Å². The van der Waals surface area contributed by atoms with Gasteiger partial charge < -0.3 is 9.84 Å². The minimum Gasteiger partial charge on any atom is -0.508 e. The molecular formula is C15H15BrO2. The minimum absolute atomic E-state index is 0.265. The van der Waals surface area contributed by atoms with E-state index in [0.29, 0.717) is 6.61 Å². The number of hydrogen-bond donors (Lipinski definition) is 1. The van der Waals surface area contributed by atoms with E-state index in [1.54, 1.807) is 12.1 Å². The van der Waals surface area contributed by atoms with Crippen molar-refractivity contribution < 1.29 is 9.84 Å². The zero-order chi connectivity index (χ0) is 13.0. The summed E-state index contributed by atoms with van der Waals surface area (Å²) in [6.07, 6.45) is 0. The molecule has 1 N–H and O–H groups in total. The Kier molecular flexibility index (Phi) is 4.26. The zero-order valence-corrected chi connectivity index (χ0v) is 11.8. The van der Waals surface area contributed by atoms with Gasteiger partial charge in [0.05, 0.1) is 0 Å². The molecule has 0 aliphatic heterocycles. The van der Waals surface area contributed by atoms with Crippen LogP contribution in [0.15, 0.2) is 42.5 Å². The lowest BCUT2D eigenvalue weighted by molar-refractivity contribution is 0.303. The molecule has 18 heavy (non-hydrogen) atoms. The fraction of sp³-hybridized carbons (Fsp3) is 0.200. The number of hydrogen-bond acceptors (Lipinski definition) is 2. The molecule has 0 unspecified atom stereocenters. The van der Waals surface area contributed by atoms with Gasteiger partial charge in [-0.05, 0) is 30.7 Å². The lowest BCUT2D eigenvalue weighted by atomic mass is 10.1. The van der Waals surface area contributed by atoms with E-state index in [1.807, 2.05) is 24.3 Å². The van der Waals surface area contributed by atoms with Gasteiger partial charge >= 0.3 is 0 Å². The van der Waals surface area contributed by atoms with E-state index in [2.05, 4.69) is 28.9 Å². The third-order valence-electron chi connectivity index (χ3n) is 2.66. The molecule has 2 aromatic carbocycles. The highest BCUT2D eigenvalue weighted by Crippen LogP contribution is 2.24. The molecule has 0 fully saturated rings. The third kappa shape index (κ3) is 3.26. The van der Waals surface area contributed by atoms with E-state index in [4.69, 9.17) is 4.74 Å². The van der Waals surface area contributed by atoms with Crippen LogP contribution in [0, 0.1) is 6.92 Å². The first-order valence-corrected chi connectivity index (χ1v) is 6.87. The number of phenolic OH excluding ortho intramolecular Hbond substituents is 1. The number of phenols is 1. The summed E-state index contributed by atoms with van der Waals surface area (Å²) in [6.45, 7) is 2.52. The first-order valence-electron chi connectivity index (χ1n) is 5.75. The van der Waals surface area contributed by atoms with Crippen molar-refractivity contribution in [2.45, 2.75) is 18.9 Å². The van der Waals surface area contributed by atoms with Crippen molar-refractivity contribution >= 4 is 15.9 Å². The minimum atomic E-state index is 0.265. The van der Waals surface area contributed by atoms with Crippen molar-refractivity contribution in [3.8, 4) is 11.5 Å². The van der Waals surface area contributed by atoms with Gasteiger partial charge in [0.2, 0.25) is 0 Å². The maximum Gasteiger partial charge on any atom is 0.123 e. The maximum absolute atomic E-state index is 9.38. The van der Waals surface area contributed by atoms with Crippen LogP contribution < -0.4 is 4.74 Å². The van der Waals surface area contributed by atoms with Gasteiger partial charge in [-0.3, -0.25) is 0 Å². The summed E-state index contributed by atoms with van der Waals surface area (Å²) in [4.78, 5) is 0. The molecule has 0 aliphatic rings. The quantitative estimate of drug-likeness (QED) is 0.859. The number of aromatic hydroxyl groups is 1. The summed E-state index contributed by atoms with van der Waals surface area (Å²) < 4.78 is 5.78. The van der Waals surface area contributed by atoms with Crippen LogP contribution >= 0.6 is 15.9 Å². The predicted octanol–water partition coefficient (Wildman–Crippen LogP) is 4.17. The molecule has 94 valence electrons. The Hall–Kier alpha value is -1.48. The monoisotopic (exact) mass is 306 g/mol. The molecule has 0 amide bonds. The van der Waals surface area contributed by atoms with Crippen LogP contribution in [0.4, 0.5) is 0 Å². The SMILES string of the molecule is Cc1ccc(OCc2cccc(O)c2)c(CBr)c1. The van der Waals surface area contributed by atoms with Crippen LogP contribution in [-0.2, 0) is 11.9 Å². The van der Waals surface area contributed by atoms with E-state index < -0.39 is 0 Å². The smallest absolute Gasteiger partial charge is 0.123 e. The van der Waals surface area contributed by atoms with E-state index >= 15 is 0 Å². The van der Waals surface area contributed by atoms with Crippen LogP contribution in [0.2, 0.25) is 0 Å². The van der Waals surface area contributed by atoms with Crippen molar-refractivity contribution in [1.82, 2.24) is 0 Å². The van der Waals surface area contributed by atoms with E-state index in [-0.39, 0.29) is 5.75 Å². The Balaban J connectivity index is 2.10. The Morgan fingerprint density at radius 1 is 1.17 bits per heavy atom. The van der Waals surface area contributed by atoms with Crippen molar-refractivity contribution in [3.63, 3.8) is 0 Å². The van der Waals surface area contributed by atoms with Crippen molar-refractivity contribution in [1.29, 1.82) is 0 Å². The molecule has 0 bridgehead atoms. The van der Waals surface area contributed by atoms with E-state index in [1.165, 1.54) is 5.56 Å². The highest BCUT2D eigenvalue weighted by atomic mass is 79.9. The van der Waals surface area contributed by atoms with E-state index in [0.717, 1.165) is 22.2 Å². The van der Waals surface area contributed by atoms with Crippen LogP contribution in [0.5, 0.6) is 11.5 Å². The van der Waals surface area contributed by atoms with Crippen molar-refractivity contribution in [2.75, 3.05) is 0 Å². The molecular weight excluding hydrogens is 292 g/mol. The average Bonchev–Trinajstić information content (AvgIpc) is 2.37. The van der Waals surface area contributed by atoms with Gasteiger partial charge in [0.25, 0.3) is 0 Å². The van der Waals surface area contributed by atoms with Crippen LogP contribution in [0.1, 0.15) is 16.7 Å². The molecule has 0 aromatic heterocycles. The van der Waals surface area contributed by atoms with Gasteiger partial charge in [0, 0.05) is 10.9 Å². The molecule has 0 radical (unpaired) electrons. The Morgan fingerprint density at radius 2 is 2.00 bits per heavy atom. The lowest BCUT2D eigenvalue weighted by Gasteiger charge is -2.11. The summed E-state index contributed by atoms with van der Waals surface area (Å²) in [5.74, 6) is 1.14. The second kappa shape index (κ2) is 5.91. The number of alkyl halides is 1. The number of aryl methyl sites for hydroxylation is 1. The topological polar surface area (TPSA) is 29.5 Å². The standard InChI is InChI=1S/C15H15BrO2/c1-11-5-6-15(13(7-11)9-16)18-10-12-3-2-4-14(17)8-12/h2-8,17H,9-10H2,1H3. The molecule has 3 heteroatoms. The highest BCUT2D eigenvalue weighted by Gasteiger charge is 2.03. The molecule has 0 aliphatic carbocycles. The Morgan fingerprint density at radius 3 is 2.72 bits per heavy atom. The predicted molar refractivity (Wildman–Crippen MR) is 76.2 cm³/mol. The first-order chi connectivity index (χ1) is 8.69. The number of benzene rings is 2. The second-order valence-electron chi connectivity index (χ2n) is 4.20. The summed E-state index contributed by atoms with van der Waals surface area (Å²) in [5, 5.41) is 10.2. The molecule has 2 aromatic rings. The summed E-state index contributed by atoms with van der Waals surface area (Å²) in [6, 6.07) is 13.2. The molecule has 2 rings (SSSR count). The number of ether oxygens (including phenoxy) is 1. The Bertz CT molecular complexity index is 538. The first kappa shape index (κ1) is 13.0. The van der Waals surface area contributed by atoms with Gasteiger partial charge in [0.15, 0.2) is 0 Å². The average molecular weight is 307 g/mol. The van der Waals surface area contributed by atoms with Gasteiger partial charge in [-0.1, -0.05) is 45.8 Å². The van der Waals surface area contributed by atoms with Crippen LogP contribution in [0.25, 0.3) is 0 Å². The van der Waals surface area contributed by atoms with Gasteiger partial charge in [-0.15, -0.1) is 0 Å². The molecule has 0 spiro atoms. The van der Waals surface area contributed by atoms with Crippen LogP contribution in [-0.4, -0.2) is 5.11 Å². The number of halogens is 1. The van der Waals surface area contributed by atoms with E-state index in [9.17, 15) is 5.11 Å². The molecule has 0 saturated heterocycles. The lowest BCUT2D eigenvalue weighted by Crippen LogP contribution is -1.98. The molecule has 0 heterocycles. The maximum atomic E-state index is 9.38. The zero-order valence-electron chi connectivity index (χ0n) is 10.2. The fourth-order valence-electron chi connectivity index (χ4n) is 1.76. The second-order valence-corrected chi connectivity index (χ2v) is 4.76. The van der Waals surface area contributed by atoms with Crippen molar-refractivity contribution in [3.05, 3.63) is 59.2 Å². The summed E-state index contributed by atoms with van der Waals surface area (Å²) in [7, 11) is 0. The summed E-state index contributed by atoms with van der Waals surface area (Å²) in [5.41, 5.74) is 3.31. The highest BCUT2D eigenvalue weighted by molar-refractivity contribution is 9.08. The van der Waals surface area contributed by atoms with Crippen LogP contribution in [0.3, 0.4) is 0 Å². The largest absolute Gasteiger partial charge is 0.508 e.